The Balaban J connectivity index is 1.84. The van der Waals surface area contributed by atoms with Crippen LogP contribution in [0.15, 0.2) is 42.5 Å². The molecule has 0 fully saturated rings. The second kappa shape index (κ2) is 9.82. The van der Waals surface area contributed by atoms with Crippen molar-refractivity contribution in [3.63, 3.8) is 0 Å². The monoisotopic (exact) mass is 396 g/mol. The van der Waals surface area contributed by atoms with E-state index in [2.05, 4.69) is 6.07 Å². The van der Waals surface area contributed by atoms with E-state index >= 15 is 0 Å². The van der Waals surface area contributed by atoms with Crippen molar-refractivity contribution < 1.29 is 27.4 Å². The van der Waals surface area contributed by atoms with Gasteiger partial charge in [0.2, 0.25) is 0 Å². The summed E-state index contributed by atoms with van der Waals surface area (Å²) >= 11 is 0. The molecule has 2 aromatic rings. The molecule has 1 atom stereocenters. The first-order valence-corrected chi connectivity index (χ1v) is 9.33. The van der Waals surface area contributed by atoms with Crippen molar-refractivity contribution in [3.8, 4) is 11.5 Å². The van der Waals surface area contributed by atoms with Gasteiger partial charge < -0.3 is 14.2 Å². The van der Waals surface area contributed by atoms with Gasteiger partial charge in [-0.3, -0.25) is 0 Å². The van der Waals surface area contributed by atoms with Crippen LogP contribution in [-0.2, 0) is 17.3 Å². The van der Waals surface area contributed by atoms with Crippen molar-refractivity contribution in [2.24, 2.45) is 0 Å². The maximum atomic E-state index is 12.6. The van der Waals surface area contributed by atoms with Gasteiger partial charge in [0.25, 0.3) is 0 Å². The number of hydrogen-bond donors (Lipinski definition) is 0. The van der Waals surface area contributed by atoms with Crippen LogP contribution in [0.4, 0.5) is 13.2 Å². The van der Waals surface area contributed by atoms with Crippen molar-refractivity contribution in [2.75, 3.05) is 13.2 Å². The molecule has 0 aliphatic heterocycles. The second-order valence-electron chi connectivity index (χ2n) is 7.02. The van der Waals surface area contributed by atoms with Crippen molar-refractivity contribution >= 4 is 0 Å². The van der Waals surface area contributed by atoms with E-state index in [1.807, 2.05) is 39.8 Å². The van der Waals surface area contributed by atoms with Crippen LogP contribution in [0.3, 0.4) is 0 Å². The Hall–Kier alpha value is -2.21. The molecule has 0 radical (unpaired) electrons. The average molecular weight is 396 g/mol. The number of halogens is 3. The van der Waals surface area contributed by atoms with E-state index < -0.39 is 11.7 Å². The minimum absolute atomic E-state index is 0.110. The van der Waals surface area contributed by atoms with Gasteiger partial charge in [-0.05, 0) is 75.6 Å². The Morgan fingerprint density at radius 3 is 2.14 bits per heavy atom. The molecule has 1 unspecified atom stereocenters. The van der Waals surface area contributed by atoms with E-state index in [4.69, 9.17) is 14.2 Å². The minimum Gasteiger partial charge on any atom is -0.490 e. The molecular formula is C22H27F3O3. The highest BCUT2D eigenvalue weighted by atomic mass is 19.4. The summed E-state index contributed by atoms with van der Waals surface area (Å²) in [6.07, 6.45) is -3.27. The van der Waals surface area contributed by atoms with E-state index in [0.29, 0.717) is 12.4 Å². The van der Waals surface area contributed by atoms with E-state index in [1.165, 1.54) is 12.1 Å². The summed E-state index contributed by atoms with van der Waals surface area (Å²) in [4.78, 5) is 0. The average Bonchev–Trinajstić information content (AvgIpc) is 2.60. The van der Waals surface area contributed by atoms with Gasteiger partial charge in [-0.1, -0.05) is 12.1 Å². The van der Waals surface area contributed by atoms with Gasteiger partial charge in [-0.25, -0.2) is 0 Å². The van der Waals surface area contributed by atoms with Gasteiger partial charge in [0, 0.05) is 0 Å². The van der Waals surface area contributed by atoms with Crippen molar-refractivity contribution in [1.29, 1.82) is 0 Å². The van der Waals surface area contributed by atoms with Gasteiger partial charge >= 0.3 is 6.18 Å². The Bertz CT molecular complexity index is 740. The van der Waals surface area contributed by atoms with Crippen molar-refractivity contribution in [2.45, 2.75) is 52.5 Å². The van der Waals surface area contributed by atoms with Crippen molar-refractivity contribution in [3.05, 3.63) is 59.2 Å². The fourth-order valence-electron chi connectivity index (χ4n) is 2.82. The third-order valence-corrected chi connectivity index (χ3v) is 4.07. The summed E-state index contributed by atoms with van der Waals surface area (Å²) in [7, 11) is 0. The fraction of sp³-hybridized carbons (Fsp3) is 0.455. The van der Waals surface area contributed by atoms with Crippen LogP contribution in [0.25, 0.3) is 0 Å². The number of rotatable bonds is 9. The first kappa shape index (κ1) is 22.1. The van der Waals surface area contributed by atoms with E-state index in [1.54, 1.807) is 0 Å². The normalized spacial score (nSPS) is 12.9. The van der Waals surface area contributed by atoms with Crippen LogP contribution >= 0.6 is 0 Å². The maximum Gasteiger partial charge on any atom is 0.416 e. The highest BCUT2D eigenvalue weighted by Gasteiger charge is 2.30. The largest absolute Gasteiger partial charge is 0.490 e. The minimum atomic E-state index is -4.35. The predicted octanol–water partition coefficient (Wildman–Crippen LogP) is 5.83. The lowest BCUT2D eigenvalue weighted by molar-refractivity contribution is -0.137. The lowest BCUT2D eigenvalue weighted by Crippen LogP contribution is -2.17. The Morgan fingerprint density at radius 2 is 1.54 bits per heavy atom. The molecule has 0 amide bonds. The Labute approximate surface area is 164 Å². The molecule has 0 saturated carbocycles. The zero-order chi connectivity index (χ0) is 20.7. The zero-order valence-electron chi connectivity index (χ0n) is 16.7. The molecule has 0 aliphatic rings. The standard InChI is InChI=1S/C22H27F3O3/c1-15(2)28-17(4)13-18-6-5-16(3)21(14-18)27-12-11-26-20-9-7-19(8-10-20)22(23,24)25/h5-10,14-15,17H,11-13H2,1-4H3. The number of hydrogen-bond acceptors (Lipinski definition) is 3. The number of alkyl halides is 3. The van der Waals surface area contributed by atoms with Gasteiger partial charge in [0.05, 0.1) is 17.8 Å². The molecule has 0 N–H and O–H groups in total. The zero-order valence-corrected chi connectivity index (χ0v) is 16.7. The summed E-state index contributed by atoms with van der Waals surface area (Å²) in [6.45, 7) is 8.56. The molecule has 0 bridgehead atoms. The van der Waals surface area contributed by atoms with Gasteiger partial charge in [0.15, 0.2) is 0 Å². The molecule has 2 rings (SSSR count). The number of benzene rings is 2. The third-order valence-electron chi connectivity index (χ3n) is 4.07. The fourth-order valence-corrected chi connectivity index (χ4v) is 2.82. The van der Waals surface area contributed by atoms with E-state index in [-0.39, 0.29) is 18.8 Å². The Morgan fingerprint density at radius 1 is 0.893 bits per heavy atom. The molecule has 0 spiro atoms. The summed E-state index contributed by atoms with van der Waals surface area (Å²) in [6, 6.07) is 10.7. The van der Waals surface area contributed by atoms with Crippen LogP contribution < -0.4 is 9.47 Å². The van der Waals surface area contributed by atoms with Crippen molar-refractivity contribution in [1.82, 2.24) is 0 Å². The summed E-state index contributed by atoms with van der Waals surface area (Å²) in [5.41, 5.74) is 1.44. The highest BCUT2D eigenvalue weighted by Crippen LogP contribution is 2.30. The van der Waals surface area contributed by atoms with E-state index in [9.17, 15) is 13.2 Å². The van der Waals surface area contributed by atoms with Gasteiger partial charge in [-0.2, -0.15) is 13.2 Å². The lowest BCUT2D eigenvalue weighted by Gasteiger charge is -2.17. The molecule has 154 valence electrons. The van der Waals surface area contributed by atoms with Crippen LogP contribution in [0.5, 0.6) is 11.5 Å². The third kappa shape index (κ3) is 7.08. The predicted molar refractivity (Wildman–Crippen MR) is 103 cm³/mol. The molecule has 0 aliphatic carbocycles. The molecule has 2 aromatic carbocycles. The van der Waals surface area contributed by atoms with Gasteiger partial charge in [-0.15, -0.1) is 0 Å². The number of ether oxygens (including phenoxy) is 3. The SMILES string of the molecule is Cc1ccc(CC(C)OC(C)C)cc1OCCOc1ccc(C(F)(F)F)cc1. The summed E-state index contributed by atoms with van der Waals surface area (Å²) < 4.78 is 54.7. The van der Waals surface area contributed by atoms with Crippen LogP contribution in [0.2, 0.25) is 0 Å². The lowest BCUT2D eigenvalue weighted by atomic mass is 10.1. The number of aryl methyl sites for hydroxylation is 1. The molecule has 0 saturated heterocycles. The molecule has 6 heteroatoms. The summed E-state index contributed by atoms with van der Waals surface area (Å²) in [5, 5.41) is 0. The van der Waals surface area contributed by atoms with E-state index in [0.717, 1.165) is 35.4 Å². The second-order valence-corrected chi connectivity index (χ2v) is 7.02. The Kier molecular flexibility index (Phi) is 7.75. The molecule has 3 nitrogen and oxygen atoms in total. The smallest absolute Gasteiger partial charge is 0.416 e. The molecule has 0 aromatic heterocycles. The first-order valence-electron chi connectivity index (χ1n) is 9.33. The molecule has 0 heterocycles. The highest BCUT2D eigenvalue weighted by molar-refractivity contribution is 5.37. The topological polar surface area (TPSA) is 27.7 Å². The molecule has 28 heavy (non-hydrogen) atoms. The van der Waals surface area contributed by atoms with Gasteiger partial charge in [0.1, 0.15) is 24.7 Å². The van der Waals surface area contributed by atoms with Crippen LogP contribution in [0.1, 0.15) is 37.5 Å². The van der Waals surface area contributed by atoms with Crippen LogP contribution in [0, 0.1) is 6.92 Å². The molecular weight excluding hydrogens is 369 g/mol. The van der Waals surface area contributed by atoms with Crippen LogP contribution in [-0.4, -0.2) is 25.4 Å². The first-order chi connectivity index (χ1) is 13.1. The maximum absolute atomic E-state index is 12.6. The summed E-state index contributed by atoms with van der Waals surface area (Å²) in [5.74, 6) is 1.15. The quantitative estimate of drug-likeness (QED) is 0.499.